The molecule has 26 heavy (non-hydrogen) atoms. The van der Waals surface area contributed by atoms with Gasteiger partial charge in [0.1, 0.15) is 0 Å². The van der Waals surface area contributed by atoms with Gasteiger partial charge in [-0.3, -0.25) is 0 Å². The molecular formula is C21H25NO3S. The summed E-state index contributed by atoms with van der Waals surface area (Å²) in [5.74, 6) is 0.702. The highest BCUT2D eigenvalue weighted by molar-refractivity contribution is 7.92. The highest BCUT2D eigenvalue weighted by atomic mass is 32.2. The summed E-state index contributed by atoms with van der Waals surface area (Å²) in [4.78, 5) is 0.407. The van der Waals surface area contributed by atoms with Crippen molar-refractivity contribution < 1.29 is 13.2 Å². The number of ether oxygens (including phenoxy) is 1. The maximum atomic E-state index is 12.9. The Hall–Kier alpha value is -1.85. The van der Waals surface area contributed by atoms with Gasteiger partial charge >= 0.3 is 0 Å². The van der Waals surface area contributed by atoms with Crippen LogP contribution in [0.2, 0.25) is 0 Å². The van der Waals surface area contributed by atoms with E-state index in [1.54, 1.807) is 12.1 Å². The van der Waals surface area contributed by atoms with Crippen molar-refractivity contribution in [3.63, 3.8) is 0 Å². The molecule has 2 aliphatic rings. The molecule has 2 fully saturated rings. The van der Waals surface area contributed by atoms with Crippen LogP contribution in [0.15, 0.2) is 53.4 Å². The molecule has 0 bridgehead atoms. The van der Waals surface area contributed by atoms with Gasteiger partial charge in [-0.2, -0.15) is 0 Å². The summed E-state index contributed by atoms with van der Waals surface area (Å²) in [6.07, 6.45) is 3.70. The molecule has 2 aromatic rings. The lowest BCUT2D eigenvalue weighted by molar-refractivity contribution is 0.0983. The average molecular weight is 372 g/mol. The largest absolute Gasteiger partial charge is 0.381 e. The summed E-state index contributed by atoms with van der Waals surface area (Å²) >= 11 is 0. The summed E-state index contributed by atoms with van der Waals surface area (Å²) in [6, 6.07) is 15.7. The fourth-order valence-corrected chi connectivity index (χ4v) is 5.40. The fourth-order valence-electron chi connectivity index (χ4n) is 3.65. The monoisotopic (exact) mass is 371 g/mol. The molecule has 0 atom stereocenters. The van der Waals surface area contributed by atoms with Crippen LogP contribution in [-0.4, -0.2) is 26.9 Å². The molecule has 1 heterocycles. The first kappa shape index (κ1) is 17.6. The molecule has 5 heteroatoms. The van der Waals surface area contributed by atoms with E-state index in [-0.39, 0.29) is 5.25 Å². The summed E-state index contributed by atoms with van der Waals surface area (Å²) in [5.41, 5.74) is 3.57. The fraction of sp³-hybridized carbons (Fsp3) is 0.429. The van der Waals surface area contributed by atoms with Gasteiger partial charge in [0.2, 0.25) is 0 Å². The Kier molecular flexibility index (Phi) is 5.00. The lowest BCUT2D eigenvalue weighted by Gasteiger charge is -2.22. The van der Waals surface area contributed by atoms with Gasteiger partial charge in [0.05, 0.1) is 10.1 Å². The van der Waals surface area contributed by atoms with Crippen LogP contribution in [0.1, 0.15) is 42.7 Å². The predicted octanol–water partition coefficient (Wildman–Crippen LogP) is 4.13. The van der Waals surface area contributed by atoms with Crippen molar-refractivity contribution in [2.75, 3.05) is 18.5 Å². The zero-order valence-electron chi connectivity index (χ0n) is 14.9. The Balaban J connectivity index is 1.49. The SMILES string of the molecule is O=S(=O)(c1cccc(NCc2ccccc2C2CC2)c1)C1CCOCC1. The van der Waals surface area contributed by atoms with Gasteiger partial charge in [-0.1, -0.05) is 30.3 Å². The van der Waals surface area contributed by atoms with Crippen LogP contribution in [0.25, 0.3) is 0 Å². The lowest BCUT2D eigenvalue weighted by Crippen LogP contribution is -2.29. The molecule has 1 N–H and O–H groups in total. The number of anilines is 1. The summed E-state index contributed by atoms with van der Waals surface area (Å²) in [6.45, 7) is 1.77. The van der Waals surface area contributed by atoms with Gasteiger partial charge < -0.3 is 10.1 Å². The maximum absolute atomic E-state index is 12.9. The molecule has 2 aromatic carbocycles. The van der Waals surface area contributed by atoms with Crippen LogP contribution < -0.4 is 5.32 Å². The molecule has 4 rings (SSSR count). The number of nitrogens with one attached hydrogen (secondary N) is 1. The second-order valence-corrected chi connectivity index (χ2v) is 9.44. The van der Waals surface area contributed by atoms with Crippen molar-refractivity contribution in [2.45, 2.75) is 48.3 Å². The molecule has 0 unspecified atom stereocenters. The third kappa shape index (κ3) is 3.79. The van der Waals surface area contributed by atoms with Gasteiger partial charge in [0, 0.05) is 25.4 Å². The topological polar surface area (TPSA) is 55.4 Å². The first-order valence-corrected chi connectivity index (χ1v) is 10.9. The van der Waals surface area contributed by atoms with Gasteiger partial charge in [0.25, 0.3) is 0 Å². The third-order valence-corrected chi connectivity index (χ3v) is 7.59. The number of rotatable bonds is 6. The van der Waals surface area contributed by atoms with Crippen molar-refractivity contribution in [3.05, 3.63) is 59.7 Å². The zero-order chi connectivity index (χ0) is 18.0. The number of sulfone groups is 1. The smallest absolute Gasteiger partial charge is 0.181 e. The minimum atomic E-state index is -3.30. The van der Waals surface area contributed by atoms with Crippen LogP contribution in [-0.2, 0) is 21.1 Å². The molecule has 0 amide bonds. The van der Waals surface area contributed by atoms with Crippen LogP contribution in [0.5, 0.6) is 0 Å². The van der Waals surface area contributed by atoms with E-state index < -0.39 is 9.84 Å². The molecule has 1 aliphatic heterocycles. The average Bonchev–Trinajstić information content (AvgIpc) is 3.53. The molecule has 4 nitrogen and oxygen atoms in total. The van der Waals surface area contributed by atoms with E-state index in [2.05, 4.69) is 29.6 Å². The van der Waals surface area contributed by atoms with Gasteiger partial charge in [-0.15, -0.1) is 0 Å². The van der Waals surface area contributed by atoms with E-state index in [0.717, 1.165) is 5.69 Å². The van der Waals surface area contributed by atoms with E-state index >= 15 is 0 Å². The molecule has 0 spiro atoms. The van der Waals surface area contributed by atoms with Crippen molar-refractivity contribution in [1.82, 2.24) is 0 Å². The quantitative estimate of drug-likeness (QED) is 0.830. The van der Waals surface area contributed by atoms with E-state index in [0.29, 0.717) is 43.4 Å². The predicted molar refractivity (Wildman–Crippen MR) is 103 cm³/mol. The van der Waals surface area contributed by atoms with E-state index in [1.807, 2.05) is 12.1 Å². The second kappa shape index (κ2) is 7.41. The van der Waals surface area contributed by atoms with Crippen molar-refractivity contribution in [2.24, 2.45) is 0 Å². The molecule has 0 radical (unpaired) electrons. The van der Waals surface area contributed by atoms with Crippen LogP contribution in [0, 0.1) is 0 Å². The minimum Gasteiger partial charge on any atom is -0.381 e. The van der Waals surface area contributed by atoms with Crippen LogP contribution in [0.4, 0.5) is 5.69 Å². The maximum Gasteiger partial charge on any atom is 0.181 e. The zero-order valence-corrected chi connectivity index (χ0v) is 15.7. The molecule has 1 saturated carbocycles. The Morgan fingerprint density at radius 2 is 1.73 bits per heavy atom. The highest BCUT2D eigenvalue weighted by Gasteiger charge is 2.29. The lowest BCUT2D eigenvalue weighted by atomic mass is 10.0. The number of hydrogen-bond donors (Lipinski definition) is 1. The van der Waals surface area contributed by atoms with Gasteiger partial charge in [0.15, 0.2) is 9.84 Å². The first-order chi connectivity index (χ1) is 12.6. The first-order valence-electron chi connectivity index (χ1n) is 9.38. The number of benzene rings is 2. The Labute approximate surface area is 155 Å². The summed E-state index contributed by atoms with van der Waals surface area (Å²) in [5, 5.41) is 3.08. The van der Waals surface area contributed by atoms with Gasteiger partial charge in [-0.05, 0) is 60.9 Å². The van der Waals surface area contributed by atoms with E-state index in [4.69, 9.17) is 4.74 Å². The molecule has 138 valence electrons. The number of hydrogen-bond acceptors (Lipinski definition) is 4. The Morgan fingerprint density at radius 1 is 0.962 bits per heavy atom. The third-order valence-electron chi connectivity index (χ3n) is 5.32. The molecule has 1 saturated heterocycles. The van der Waals surface area contributed by atoms with E-state index in [1.165, 1.54) is 24.0 Å². The molecular weight excluding hydrogens is 346 g/mol. The Morgan fingerprint density at radius 3 is 2.50 bits per heavy atom. The van der Waals surface area contributed by atoms with Crippen molar-refractivity contribution in [3.8, 4) is 0 Å². The standard InChI is InChI=1S/C21H25NO3S/c23-26(24,19-10-12-25-13-11-19)20-6-3-5-18(14-20)22-15-17-4-1-2-7-21(17)16-8-9-16/h1-7,14,16,19,22H,8-13,15H2. The second-order valence-electron chi connectivity index (χ2n) is 7.21. The molecule has 0 aromatic heterocycles. The highest BCUT2D eigenvalue weighted by Crippen LogP contribution is 2.41. The van der Waals surface area contributed by atoms with Crippen molar-refractivity contribution in [1.29, 1.82) is 0 Å². The van der Waals surface area contributed by atoms with Crippen molar-refractivity contribution >= 4 is 15.5 Å². The minimum absolute atomic E-state index is 0.331. The van der Waals surface area contributed by atoms with E-state index in [9.17, 15) is 8.42 Å². The van der Waals surface area contributed by atoms with Crippen LogP contribution in [0.3, 0.4) is 0 Å². The Bertz CT molecular complexity index is 868. The summed E-state index contributed by atoms with van der Waals surface area (Å²) in [7, 11) is -3.30. The molecule has 1 aliphatic carbocycles. The summed E-state index contributed by atoms with van der Waals surface area (Å²) < 4.78 is 31.1. The van der Waals surface area contributed by atoms with Gasteiger partial charge in [-0.25, -0.2) is 8.42 Å². The normalized spacial score (nSPS) is 18.6. The van der Waals surface area contributed by atoms with Crippen LogP contribution >= 0.6 is 0 Å².